The fourth-order valence-electron chi connectivity index (χ4n) is 3.30. The number of aliphatic hydroxyl groups is 1. The van der Waals surface area contributed by atoms with Crippen LogP contribution in [0.15, 0.2) is 0 Å². The summed E-state index contributed by atoms with van der Waals surface area (Å²) >= 11 is 0. The third-order valence-corrected chi connectivity index (χ3v) is 4.52. The van der Waals surface area contributed by atoms with E-state index >= 15 is 0 Å². The van der Waals surface area contributed by atoms with E-state index in [1.54, 1.807) is 0 Å². The van der Waals surface area contributed by atoms with E-state index in [1.807, 2.05) is 16.7 Å². The Morgan fingerprint density at radius 2 is 2.10 bits per heavy atom. The van der Waals surface area contributed by atoms with Crippen molar-refractivity contribution < 1.29 is 14.7 Å². The van der Waals surface area contributed by atoms with Gasteiger partial charge >= 0.3 is 0 Å². The van der Waals surface area contributed by atoms with Crippen LogP contribution < -0.4 is 0 Å². The molecule has 2 fully saturated rings. The fourth-order valence-corrected chi connectivity index (χ4v) is 3.30. The van der Waals surface area contributed by atoms with E-state index in [0.29, 0.717) is 38.4 Å². The Balaban J connectivity index is 1.93. The molecule has 2 unspecified atom stereocenters. The minimum absolute atomic E-state index is 0.0901. The van der Waals surface area contributed by atoms with Crippen LogP contribution in [0.1, 0.15) is 46.5 Å². The molecule has 2 aliphatic rings. The number of amides is 2. The van der Waals surface area contributed by atoms with Crippen molar-refractivity contribution in [3.8, 4) is 0 Å². The molecule has 5 heteroatoms. The van der Waals surface area contributed by atoms with Crippen LogP contribution in [0.25, 0.3) is 0 Å². The van der Waals surface area contributed by atoms with Gasteiger partial charge in [-0.3, -0.25) is 9.59 Å². The molecule has 21 heavy (non-hydrogen) atoms. The zero-order valence-corrected chi connectivity index (χ0v) is 13.5. The molecular weight excluding hydrogens is 268 g/mol. The molecule has 2 aliphatic heterocycles. The van der Waals surface area contributed by atoms with Crippen LogP contribution in [-0.2, 0) is 9.59 Å². The molecule has 1 N–H and O–H groups in total. The number of carbonyl (C=O) groups is 2. The average molecular weight is 296 g/mol. The van der Waals surface area contributed by atoms with Gasteiger partial charge in [0.15, 0.2) is 0 Å². The number of likely N-dealkylation sites (tertiary alicyclic amines) is 2. The first-order chi connectivity index (χ1) is 9.78. The van der Waals surface area contributed by atoms with Crippen LogP contribution in [0.5, 0.6) is 0 Å². The summed E-state index contributed by atoms with van der Waals surface area (Å²) in [7, 11) is 0. The maximum atomic E-state index is 12.6. The van der Waals surface area contributed by atoms with Gasteiger partial charge in [-0.25, -0.2) is 0 Å². The molecule has 0 aromatic rings. The molecule has 2 rings (SSSR count). The van der Waals surface area contributed by atoms with Crippen molar-refractivity contribution in [2.24, 2.45) is 11.8 Å². The highest BCUT2D eigenvalue weighted by Crippen LogP contribution is 2.25. The Morgan fingerprint density at radius 1 is 1.38 bits per heavy atom. The lowest BCUT2D eigenvalue weighted by molar-refractivity contribution is -0.136. The summed E-state index contributed by atoms with van der Waals surface area (Å²) in [4.78, 5) is 28.3. The monoisotopic (exact) mass is 296 g/mol. The van der Waals surface area contributed by atoms with Crippen molar-refractivity contribution in [1.82, 2.24) is 9.80 Å². The minimum Gasteiger partial charge on any atom is -0.390 e. The van der Waals surface area contributed by atoms with E-state index < -0.39 is 5.60 Å². The standard InChI is InChI=1S/C16H28N2O3/c1-12(2)10-18-11-13(9-14(18)19)15(20)17-7-4-5-16(3,21)6-8-17/h12-13,21H,4-11H2,1-3H3. The highest BCUT2D eigenvalue weighted by Gasteiger charge is 2.37. The molecule has 0 saturated carbocycles. The maximum absolute atomic E-state index is 12.6. The normalized spacial score (nSPS) is 30.9. The van der Waals surface area contributed by atoms with Gasteiger partial charge in [-0.2, -0.15) is 0 Å². The molecule has 2 atom stereocenters. The van der Waals surface area contributed by atoms with E-state index in [1.165, 1.54) is 0 Å². The van der Waals surface area contributed by atoms with Gasteiger partial charge in [0.25, 0.3) is 0 Å². The number of hydrogen-bond donors (Lipinski definition) is 1. The smallest absolute Gasteiger partial charge is 0.227 e. The number of carbonyl (C=O) groups excluding carboxylic acids is 2. The lowest BCUT2D eigenvalue weighted by Crippen LogP contribution is -2.39. The molecule has 0 aromatic heterocycles. The van der Waals surface area contributed by atoms with Crippen molar-refractivity contribution in [3.63, 3.8) is 0 Å². The van der Waals surface area contributed by atoms with Crippen molar-refractivity contribution in [2.45, 2.75) is 52.1 Å². The second-order valence-electron chi connectivity index (χ2n) is 7.27. The minimum atomic E-state index is -0.662. The maximum Gasteiger partial charge on any atom is 0.227 e. The van der Waals surface area contributed by atoms with Crippen molar-refractivity contribution in [2.75, 3.05) is 26.2 Å². The summed E-state index contributed by atoms with van der Waals surface area (Å²) in [6.45, 7) is 8.59. The molecule has 2 saturated heterocycles. The first-order valence-corrected chi connectivity index (χ1v) is 8.07. The summed E-state index contributed by atoms with van der Waals surface area (Å²) in [6, 6.07) is 0. The Labute approximate surface area is 127 Å². The van der Waals surface area contributed by atoms with E-state index in [4.69, 9.17) is 0 Å². The van der Waals surface area contributed by atoms with Gasteiger partial charge in [-0.15, -0.1) is 0 Å². The molecule has 0 spiro atoms. The molecular formula is C16H28N2O3. The second-order valence-corrected chi connectivity index (χ2v) is 7.27. The quantitative estimate of drug-likeness (QED) is 0.853. The fraction of sp³-hybridized carbons (Fsp3) is 0.875. The molecule has 120 valence electrons. The molecule has 0 aromatic carbocycles. The number of hydrogen-bond acceptors (Lipinski definition) is 3. The Hall–Kier alpha value is -1.10. The van der Waals surface area contributed by atoms with Gasteiger partial charge in [0.05, 0.1) is 11.5 Å². The van der Waals surface area contributed by atoms with Crippen molar-refractivity contribution in [3.05, 3.63) is 0 Å². The van der Waals surface area contributed by atoms with Gasteiger partial charge in [0, 0.05) is 32.6 Å². The topological polar surface area (TPSA) is 60.9 Å². The third-order valence-electron chi connectivity index (χ3n) is 4.52. The lowest BCUT2D eigenvalue weighted by Gasteiger charge is -2.25. The zero-order chi connectivity index (χ0) is 15.6. The number of rotatable bonds is 3. The van der Waals surface area contributed by atoms with Gasteiger partial charge in [0.2, 0.25) is 11.8 Å². The van der Waals surface area contributed by atoms with Crippen LogP contribution in [0.4, 0.5) is 0 Å². The van der Waals surface area contributed by atoms with Crippen molar-refractivity contribution >= 4 is 11.8 Å². The molecule has 0 aliphatic carbocycles. The van der Waals surface area contributed by atoms with Crippen LogP contribution in [0, 0.1) is 11.8 Å². The van der Waals surface area contributed by atoms with E-state index in [-0.39, 0.29) is 17.7 Å². The summed E-state index contributed by atoms with van der Waals surface area (Å²) < 4.78 is 0. The van der Waals surface area contributed by atoms with Crippen molar-refractivity contribution in [1.29, 1.82) is 0 Å². The molecule has 0 radical (unpaired) electrons. The molecule has 2 heterocycles. The van der Waals surface area contributed by atoms with Gasteiger partial charge < -0.3 is 14.9 Å². The summed E-state index contributed by atoms with van der Waals surface area (Å²) in [5.74, 6) is 0.423. The first kappa shape index (κ1) is 16.3. The number of nitrogens with zero attached hydrogens (tertiary/aromatic N) is 2. The summed E-state index contributed by atoms with van der Waals surface area (Å²) in [5.41, 5.74) is -0.662. The highest BCUT2D eigenvalue weighted by atomic mass is 16.3. The predicted molar refractivity (Wildman–Crippen MR) is 80.6 cm³/mol. The van der Waals surface area contributed by atoms with Crippen LogP contribution >= 0.6 is 0 Å². The van der Waals surface area contributed by atoms with Gasteiger partial charge in [-0.1, -0.05) is 13.8 Å². The second kappa shape index (κ2) is 6.34. The first-order valence-electron chi connectivity index (χ1n) is 8.07. The summed E-state index contributed by atoms with van der Waals surface area (Å²) in [5, 5.41) is 10.1. The summed E-state index contributed by atoms with van der Waals surface area (Å²) in [6.07, 6.45) is 2.53. The Morgan fingerprint density at radius 3 is 2.76 bits per heavy atom. The molecule has 2 amide bonds. The zero-order valence-electron chi connectivity index (χ0n) is 13.5. The van der Waals surface area contributed by atoms with Gasteiger partial charge in [0.1, 0.15) is 0 Å². The molecule has 5 nitrogen and oxygen atoms in total. The van der Waals surface area contributed by atoms with E-state index in [9.17, 15) is 14.7 Å². The third kappa shape index (κ3) is 4.19. The van der Waals surface area contributed by atoms with Crippen LogP contribution in [0.2, 0.25) is 0 Å². The largest absolute Gasteiger partial charge is 0.390 e. The van der Waals surface area contributed by atoms with E-state index in [2.05, 4.69) is 13.8 Å². The Kier molecular flexibility index (Phi) is 4.91. The van der Waals surface area contributed by atoms with Gasteiger partial charge in [-0.05, 0) is 32.1 Å². The average Bonchev–Trinajstić information content (AvgIpc) is 2.63. The van der Waals surface area contributed by atoms with Crippen LogP contribution in [-0.4, -0.2) is 58.5 Å². The predicted octanol–water partition coefficient (Wildman–Crippen LogP) is 1.25. The Bertz CT molecular complexity index is 406. The highest BCUT2D eigenvalue weighted by molar-refractivity contribution is 5.89. The SMILES string of the molecule is CC(C)CN1CC(C(=O)N2CCCC(C)(O)CC2)CC1=O. The molecule has 0 bridgehead atoms. The lowest BCUT2D eigenvalue weighted by atomic mass is 9.98. The van der Waals surface area contributed by atoms with Crippen LogP contribution in [0.3, 0.4) is 0 Å². The van der Waals surface area contributed by atoms with E-state index in [0.717, 1.165) is 19.4 Å².